The van der Waals surface area contributed by atoms with E-state index in [0.717, 1.165) is 0 Å². The predicted molar refractivity (Wildman–Crippen MR) is 39.1 cm³/mol. The van der Waals surface area contributed by atoms with E-state index < -0.39 is 31.2 Å². The lowest BCUT2D eigenvalue weighted by Crippen LogP contribution is -2.51. The van der Waals surface area contributed by atoms with Crippen LogP contribution in [0.25, 0.3) is 0 Å². The van der Waals surface area contributed by atoms with E-state index in [-0.39, 0.29) is 5.57 Å². The SMILES string of the molecule is C=C1C(O)O[C@H](CO)[C@@H](O)C1O. The zero-order valence-corrected chi connectivity index (χ0v) is 6.42. The Morgan fingerprint density at radius 2 is 1.92 bits per heavy atom. The Balaban J connectivity index is 2.70. The summed E-state index contributed by atoms with van der Waals surface area (Å²) < 4.78 is 4.73. The number of ether oxygens (including phenoxy) is 1. The van der Waals surface area contributed by atoms with Gasteiger partial charge in [-0.25, -0.2) is 0 Å². The molecule has 0 amide bonds. The van der Waals surface area contributed by atoms with Crippen LogP contribution in [0.4, 0.5) is 0 Å². The van der Waals surface area contributed by atoms with Gasteiger partial charge in [-0.2, -0.15) is 0 Å². The zero-order chi connectivity index (χ0) is 9.30. The van der Waals surface area contributed by atoms with Crippen LogP contribution < -0.4 is 0 Å². The Labute approximate surface area is 69.5 Å². The molecule has 0 aromatic rings. The molecule has 0 aromatic heterocycles. The van der Waals surface area contributed by atoms with Gasteiger partial charge in [0, 0.05) is 5.57 Å². The highest BCUT2D eigenvalue weighted by molar-refractivity contribution is 5.11. The normalized spacial score (nSPS) is 43.2. The Hall–Kier alpha value is -0.460. The largest absolute Gasteiger partial charge is 0.394 e. The highest BCUT2D eigenvalue weighted by Crippen LogP contribution is 2.22. The zero-order valence-electron chi connectivity index (χ0n) is 6.42. The number of hydrogen-bond donors (Lipinski definition) is 4. The summed E-state index contributed by atoms with van der Waals surface area (Å²) in [6.07, 6.45) is -4.75. The van der Waals surface area contributed by atoms with E-state index in [2.05, 4.69) is 6.58 Å². The molecule has 1 saturated heterocycles. The Morgan fingerprint density at radius 3 is 2.42 bits per heavy atom. The highest BCUT2D eigenvalue weighted by Gasteiger charge is 2.38. The van der Waals surface area contributed by atoms with Crippen LogP contribution in [-0.2, 0) is 4.74 Å². The maximum absolute atomic E-state index is 9.22. The first-order chi connectivity index (χ1) is 5.57. The van der Waals surface area contributed by atoms with E-state index in [4.69, 9.17) is 14.9 Å². The smallest absolute Gasteiger partial charge is 0.179 e. The predicted octanol–water partition coefficient (Wildman–Crippen LogP) is -2.03. The third-order valence-electron chi connectivity index (χ3n) is 1.89. The monoisotopic (exact) mass is 176 g/mol. The molecule has 1 heterocycles. The van der Waals surface area contributed by atoms with Crippen molar-refractivity contribution in [1.82, 2.24) is 0 Å². The van der Waals surface area contributed by atoms with Crippen molar-refractivity contribution >= 4 is 0 Å². The minimum absolute atomic E-state index is 0.00667. The Morgan fingerprint density at radius 1 is 1.33 bits per heavy atom. The molecule has 1 rings (SSSR count). The molecule has 0 bridgehead atoms. The van der Waals surface area contributed by atoms with Crippen molar-refractivity contribution in [3.63, 3.8) is 0 Å². The van der Waals surface area contributed by atoms with Crippen molar-refractivity contribution in [1.29, 1.82) is 0 Å². The molecule has 0 radical (unpaired) electrons. The molecule has 1 aliphatic heterocycles. The topological polar surface area (TPSA) is 90.2 Å². The first kappa shape index (κ1) is 9.63. The number of aliphatic hydroxyl groups is 4. The van der Waals surface area contributed by atoms with Gasteiger partial charge in [-0.3, -0.25) is 0 Å². The first-order valence-electron chi connectivity index (χ1n) is 3.57. The second kappa shape index (κ2) is 3.51. The average molecular weight is 176 g/mol. The second-order valence-corrected chi connectivity index (χ2v) is 2.72. The van der Waals surface area contributed by atoms with Gasteiger partial charge in [0.2, 0.25) is 0 Å². The van der Waals surface area contributed by atoms with E-state index in [0.29, 0.717) is 0 Å². The van der Waals surface area contributed by atoms with E-state index >= 15 is 0 Å². The van der Waals surface area contributed by atoms with Crippen LogP contribution >= 0.6 is 0 Å². The summed E-state index contributed by atoms with van der Waals surface area (Å²) in [6.45, 7) is 2.87. The number of hydrogen-bond acceptors (Lipinski definition) is 5. The summed E-state index contributed by atoms with van der Waals surface area (Å²) in [7, 11) is 0. The number of rotatable bonds is 1. The lowest BCUT2D eigenvalue weighted by molar-refractivity contribution is -0.207. The van der Waals surface area contributed by atoms with E-state index in [9.17, 15) is 10.2 Å². The summed E-state index contributed by atoms with van der Waals surface area (Å²) in [4.78, 5) is 0. The lowest BCUT2D eigenvalue weighted by atomic mass is 9.98. The molecular formula is C7H12O5. The van der Waals surface area contributed by atoms with Gasteiger partial charge < -0.3 is 25.2 Å². The molecule has 4 N–H and O–H groups in total. The molecule has 0 aromatic carbocycles. The second-order valence-electron chi connectivity index (χ2n) is 2.72. The fourth-order valence-electron chi connectivity index (χ4n) is 1.05. The molecule has 12 heavy (non-hydrogen) atoms. The maximum Gasteiger partial charge on any atom is 0.179 e. The summed E-state index contributed by atoms with van der Waals surface area (Å²) in [5.74, 6) is 0. The van der Waals surface area contributed by atoms with Crippen molar-refractivity contribution in [2.45, 2.75) is 24.6 Å². The summed E-state index contributed by atoms with van der Waals surface area (Å²) in [5, 5.41) is 36.1. The van der Waals surface area contributed by atoms with Crippen molar-refractivity contribution in [2.75, 3.05) is 6.61 Å². The van der Waals surface area contributed by atoms with E-state index in [1.807, 2.05) is 0 Å². The molecule has 0 aliphatic carbocycles. The lowest BCUT2D eigenvalue weighted by Gasteiger charge is -2.35. The molecule has 5 heteroatoms. The van der Waals surface area contributed by atoms with Crippen LogP contribution in [0.15, 0.2) is 12.2 Å². The van der Waals surface area contributed by atoms with Crippen LogP contribution in [0.2, 0.25) is 0 Å². The summed E-state index contributed by atoms with van der Waals surface area (Å²) in [6, 6.07) is 0. The molecule has 70 valence electrons. The highest BCUT2D eigenvalue weighted by atomic mass is 16.6. The van der Waals surface area contributed by atoms with Crippen LogP contribution in [0, 0.1) is 0 Å². The van der Waals surface area contributed by atoms with Gasteiger partial charge in [0.05, 0.1) is 6.61 Å². The standard InChI is InChI=1S/C7H12O5/c1-3-5(9)6(10)4(2-8)12-7(3)11/h4-11H,1-2H2/t4-,5?,6-,7?/m1/s1. The van der Waals surface area contributed by atoms with Gasteiger partial charge in [-0.1, -0.05) is 6.58 Å². The van der Waals surface area contributed by atoms with Crippen molar-refractivity contribution in [3.8, 4) is 0 Å². The van der Waals surface area contributed by atoms with E-state index in [1.54, 1.807) is 0 Å². The maximum atomic E-state index is 9.22. The van der Waals surface area contributed by atoms with Crippen molar-refractivity contribution in [2.24, 2.45) is 0 Å². The molecular weight excluding hydrogens is 164 g/mol. The molecule has 1 aliphatic rings. The quantitative estimate of drug-likeness (QED) is 0.346. The van der Waals surface area contributed by atoms with Crippen molar-refractivity contribution in [3.05, 3.63) is 12.2 Å². The van der Waals surface area contributed by atoms with Crippen molar-refractivity contribution < 1.29 is 25.2 Å². The van der Waals surface area contributed by atoms with Gasteiger partial charge in [-0.05, 0) is 0 Å². The number of aliphatic hydroxyl groups excluding tert-OH is 4. The molecule has 2 unspecified atom stereocenters. The molecule has 1 fully saturated rings. The van der Waals surface area contributed by atoms with Crippen LogP contribution in [0.5, 0.6) is 0 Å². The molecule has 0 saturated carbocycles. The molecule has 4 atom stereocenters. The van der Waals surface area contributed by atoms with Crippen LogP contribution in [0.3, 0.4) is 0 Å². The molecule has 5 nitrogen and oxygen atoms in total. The van der Waals surface area contributed by atoms with Gasteiger partial charge in [0.15, 0.2) is 6.29 Å². The molecule has 0 spiro atoms. The minimum atomic E-state index is -1.32. The fourth-order valence-corrected chi connectivity index (χ4v) is 1.05. The average Bonchev–Trinajstić information content (AvgIpc) is 2.08. The van der Waals surface area contributed by atoms with Gasteiger partial charge in [0.25, 0.3) is 0 Å². The Bertz CT molecular complexity index is 181. The fraction of sp³-hybridized carbons (Fsp3) is 0.714. The van der Waals surface area contributed by atoms with Gasteiger partial charge in [-0.15, -0.1) is 0 Å². The first-order valence-corrected chi connectivity index (χ1v) is 3.57. The van der Waals surface area contributed by atoms with Crippen LogP contribution in [0.1, 0.15) is 0 Å². The summed E-state index contributed by atoms with van der Waals surface area (Å²) in [5.41, 5.74) is 0.00667. The summed E-state index contributed by atoms with van der Waals surface area (Å²) >= 11 is 0. The third kappa shape index (κ3) is 1.50. The Kier molecular flexibility index (Phi) is 2.81. The third-order valence-corrected chi connectivity index (χ3v) is 1.89. The van der Waals surface area contributed by atoms with Gasteiger partial charge >= 0.3 is 0 Å². The minimum Gasteiger partial charge on any atom is -0.394 e. The van der Waals surface area contributed by atoms with E-state index in [1.165, 1.54) is 0 Å². The van der Waals surface area contributed by atoms with Crippen LogP contribution in [-0.4, -0.2) is 51.6 Å². The van der Waals surface area contributed by atoms with Gasteiger partial charge in [0.1, 0.15) is 18.3 Å².